The summed E-state index contributed by atoms with van der Waals surface area (Å²) in [6.45, 7) is 4.02. The van der Waals surface area contributed by atoms with E-state index in [1.807, 2.05) is 55.5 Å². The van der Waals surface area contributed by atoms with E-state index in [0.717, 1.165) is 5.56 Å². The van der Waals surface area contributed by atoms with Gasteiger partial charge < -0.3 is 4.98 Å². The van der Waals surface area contributed by atoms with Gasteiger partial charge in [-0.1, -0.05) is 42.5 Å². The SMILES string of the molecule is C[C@H](c1nc2ccccc2c(=O)[nH]1)N1CCN(S(=O)(=O)Cc2ccccc2)CC1. The minimum Gasteiger partial charge on any atom is -0.309 e. The van der Waals surface area contributed by atoms with Crippen LogP contribution in [0.5, 0.6) is 0 Å². The van der Waals surface area contributed by atoms with Crippen molar-refractivity contribution in [2.75, 3.05) is 26.2 Å². The largest absolute Gasteiger partial charge is 0.309 e. The third-order valence-electron chi connectivity index (χ3n) is 5.43. The molecular formula is C21H24N4O3S. The highest BCUT2D eigenvalue weighted by Crippen LogP contribution is 2.21. The molecule has 1 aliphatic heterocycles. The van der Waals surface area contributed by atoms with Gasteiger partial charge in [0.25, 0.3) is 5.56 Å². The summed E-state index contributed by atoms with van der Waals surface area (Å²) in [6.07, 6.45) is 0. The highest BCUT2D eigenvalue weighted by molar-refractivity contribution is 7.88. The van der Waals surface area contributed by atoms with Gasteiger partial charge in [0.2, 0.25) is 10.0 Å². The van der Waals surface area contributed by atoms with Crippen molar-refractivity contribution in [2.24, 2.45) is 0 Å². The van der Waals surface area contributed by atoms with Gasteiger partial charge in [-0.25, -0.2) is 13.4 Å². The van der Waals surface area contributed by atoms with E-state index in [9.17, 15) is 13.2 Å². The Morgan fingerprint density at radius 1 is 1.00 bits per heavy atom. The Balaban J connectivity index is 1.45. The number of aromatic amines is 1. The summed E-state index contributed by atoms with van der Waals surface area (Å²) in [5.74, 6) is 0.623. The minimum atomic E-state index is -3.35. The highest BCUT2D eigenvalue weighted by atomic mass is 32.2. The molecule has 0 unspecified atom stereocenters. The lowest BCUT2D eigenvalue weighted by Crippen LogP contribution is -2.49. The van der Waals surface area contributed by atoms with Gasteiger partial charge in [-0.3, -0.25) is 9.69 Å². The molecular weight excluding hydrogens is 388 g/mol. The summed E-state index contributed by atoms with van der Waals surface area (Å²) < 4.78 is 27.0. The zero-order valence-corrected chi connectivity index (χ0v) is 17.1. The first-order chi connectivity index (χ1) is 13.9. The zero-order chi connectivity index (χ0) is 20.4. The molecule has 0 spiro atoms. The van der Waals surface area contributed by atoms with E-state index in [4.69, 9.17) is 0 Å². The average molecular weight is 413 g/mol. The summed E-state index contributed by atoms with van der Waals surface area (Å²) in [5.41, 5.74) is 1.31. The molecule has 7 nitrogen and oxygen atoms in total. The summed E-state index contributed by atoms with van der Waals surface area (Å²) in [7, 11) is -3.35. The van der Waals surface area contributed by atoms with Gasteiger partial charge in [0, 0.05) is 26.2 Å². The van der Waals surface area contributed by atoms with Crippen molar-refractivity contribution in [1.82, 2.24) is 19.2 Å². The highest BCUT2D eigenvalue weighted by Gasteiger charge is 2.30. The molecule has 1 fully saturated rings. The summed E-state index contributed by atoms with van der Waals surface area (Å²) in [5, 5.41) is 0.570. The molecule has 1 aromatic heterocycles. The van der Waals surface area contributed by atoms with E-state index < -0.39 is 10.0 Å². The molecule has 0 amide bonds. The van der Waals surface area contributed by atoms with Crippen LogP contribution in [0.25, 0.3) is 10.9 Å². The third-order valence-corrected chi connectivity index (χ3v) is 7.28. The molecule has 1 atom stereocenters. The second kappa shape index (κ2) is 8.06. The van der Waals surface area contributed by atoms with Crippen LogP contribution in [-0.4, -0.2) is 53.8 Å². The van der Waals surface area contributed by atoms with Crippen LogP contribution < -0.4 is 5.56 Å². The fourth-order valence-corrected chi connectivity index (χ4v) is 5.24. The molecule has 0 radical (unpaired) electrons. The molecule has 1 N–H and O–H groups in total. The maximum absolute atomic E-state index is 12.7. The lowest BCUT2D eigenvalue weighted by molar-refractivity contribution is 0.141. The van der Waals surface area contributed by atoms with Crippen molar-refractivity contribution in [1.29, 1.82) is 0 Å². The second-order valence-corrected chi connectivity index (χ2v) is 9.29. The van der Waals surface area contributed by atoms with E-state index >= 15 is 0 Å². The van der Waals surface area contributed by atoms with Crippen LogP contribution in [-0.2, 0) is 15.8 Å². The normalized spacial score (nSPS) is 17.4. The van der Waals surface area contributed by atoms with Crippen molar-refractivity contribution < 1.29 is 8.42 Å². The Morgan fingerprint density at radius 3 is 2.38 bits per heavy atom. The third kappa shape index (κ3) is 4.24. The van der Waals surface area contributed by atoms with Crippen molar-refractivity contribution in [3.8, 4) is 0 Å². The van der Waals surface area contributed by atoms with Crippen molar-refractivity contribution in [2.45, 2.75) is 18.7 Å². The van der Waals surface area contributed by atoms with Crippen LogP contribution in [0.3, 0.4) is 0 Å². The molecule has 2 aromatic carbocycles. The molecule has 4 rings (SSSR count). The lowest BCUT2D eigenvalue weighted by Gasteiger charge is -2.37. The van der Waals surface area contributed by atoms with Gasteiger partial charge in [-0.05, 0) is 24.6 Å². The van der Waals surface area contributed by atoms with Crippen molar-refractivity contribution in [3.05, 3.63) is 76.3 Å². The lowest BCUT2D eigenvalue weighted by atomic mass is 10.2. The van der Waals surface area contributed by atoms with Gasteiger partial charge in [0.1, 0.15) is 5.82 Å². The number of H-pyrrole nitrogens is 1. The van der Waals surface area contributed by atoms with Gasteiger partial charge >= 0.3 is 0 Å². The molecule has 0 aliphatic carbocycles. The predicted octanol–water partition coefficient (Wildman–Crippen LogP) is 2.13. The monoisotopic (exact) mass is 412 g/mol. The molecule has 8 heteroatoms. The topological polar surface area (TPSA) is 86.4 Å². The molecule has 0 saturated carbocycles. The van der Waals surface area contributed by atoms with Gasteiger partial charge in [-0.2, -0.15) is 4.31 Å². The number of sulfonamides is 1. The number of aromatic nitrogens is 2. The molecule has 2 heterocycles. The Labute approximate surface area is 170 Å². The zero-order valence-electron chi connectivity index (χ0n) is 16.3. The average Bonchev–Trinajstić information content (AvgIpc) is 2.74. The first-order valence-electron chi connectivity index (χ1n) is 9.69. The van der Waals surface area contributed by atoms with Crippen LogP contribution >= 0.6 is 0 Å². The van der Waals surface area contributed by atoms with E-state index in [0.29, 0.717) is 42.9 Å². The number of nitrogens with zero attached hydrogens (tertiary/aromatic N) is 3. The summed E-state index contributed by atoms with van der Waals surface area (Å²) in [6, 6.07) is 16.4. The Morgan fingerprint density at radius 2 is 1.66 bits per heavy atom. The summed E-state index contributed by atoms with van der Waals surface area (Å²) >= 11 is 0. The van der Waals surface area contributed by atoms with Gasteiger partial charge in [0.15, 0.2) is 0 Å². The molecule has 1 aliphatic rings. The number of hydrogen-bond donors (Lipinski definition) is 1. The second-order valence-electron chi connectivity index (χ2n) is 7.32. The van der Waals surface area contributed by atoms with Crippen LogP contribution in [0, 0.1) is 0 Å². The van der Waals surface area contributed by atoms with Crippen LogP contribution in [0.4, 0.5) is 0 Å². The number of nitrogens with one attached hydrogen (secondary N) is 1. The predicted molar refractivity (Wildman–Crippen MR) is 113 cm³/mol. The fourth-order valence-electron chi connectivity index (χ4n) is 3.72. The van der Waals surface area contributed by atoms with Crippen LogP contribution in [0.2, 0.25) is 0 Å². The molecule has 29 heavy (non-hydrogen) atoms. The number of fused-ring (bicyclic) bond motifs is 1. The quantitative estimate of drug-likeness (QED) is 0.694. The van der Waals surface area contributed by atoms with Crippen molar-refractivity contribution >= 4 is 20.9 Å². The van der Waals surface area contributed by atoms with Crippen LogP contribution in [0.15, 0.2) is 59.4 Å². The number of piperazine rings is 1. The Kier molecular flexibility index (Phi) is 5.49. The molecule has 0 bridgehead atoms. The first kappa shape index (κ1) is 19.8. The number of para-hydroxylation sites is 1. The molecule has 3 aromatic rings. The van der Waals surface area contributed by atoms with Crippen molar-refractivity contribution in [3.63, 3.8) is 0 Å². The van der Waals surface area contributed by atoms with Gasteiger partial charge in [-0.15, -0.1) is 0 Å². The van der Waals surface area contributed by atoms with E-state index in [-0.39, 0.29) is 17.4 Å². The molecule has 1 saturated heterocycles. The maximum Gasteiger partial charge on any atom is 0.258 e. The number of hydrogen-bond acceptors (Lipinski definition) is 5. The van der Waals surface area contributed by atoms with E-state index in [1.165, 1.54) is 0 Å². The maximum atomic E-state index is 12.7. The Hall–Kier alpha value is -2.55. The number of rotatable bonds is 5. The van der Waals surface area contributed by atoms with E-state index in [2.05, 4.69) is 14.9 Å². The molecule has 152 valence electrons. The van der Waals surface area contributed by atoms with E-state index in [1.54, 1.807) is 10.4 Å². The summed E-state index contributed by atoms with van der Waals surface area (Å²) in [4.78, 5) is 22.0. The standard InChI is InChI=1S/C21H24N4O3S/c1-16(20-22-19-10-6-5-9-18(19)21(26)23-20)24-11-13-25(14-12-24)29(27,28)15-17-7-3-2-4-8-17/h2-10,16H,11-15H2,1H3,(H,22,23,26)/t16-/m1/s1. The fraction of sp³-hybridized carbons (Fsp3) is 0.333. The first-order valence-corrected chi connectivity index (χ1v) is 11.3. The minimum absolute atomic E-state index is 0.0168. The smallest absolute Gasteiger partial charge is 0.258 e. The number of benzene rings is 2. The Bertz CT molecular complexity index is 1150. The van der Waals surface area contributed by atoms with Gasteiger partial charge in [0.05, 0.1) is 22.7 Å². The van der Waals surface area contributed by atoms with Crippen LogP contribution in [0.1, 0.15) is 24.4 Å².